The van der Waals surface area contributed by atoms with Gasteiger partial charge in [-0.2, -0.15) is 0 Å². The van der Waals surface area contributed by atoms with E-state index in [0.717, 1.165) is 26.7 Å². The lowest BCUT2D eigenvalue weighted by Crippen LogP contribution is -1.77. The Morgan fingerprint density at radius 2 is 1.45 bits per heavy atom. The van der Waals surface area contributed by atoms with E-state index < -0.39 is 0 Å². The Labute approximate surface area is 136 Å². The van der Waals surface area contributed by atoms with Crippen molar-refractivity contribution >= 4 is 27.0 Å². The van der Waals surface area contributed by atoms with Gasteiger partial charge in [0, 0.05) is 10.0 Å². The lowest BCUT2D eigenvalue weighted by atomic mass is 10.1. The van der Waals surface area contributed by atoms with Crippen LogP contribution in [0.25, 0.3) is 33.7 Å². The molecule has 0 saturated heterocycles. The smallest absolute Gasteiger partial charge is 0.227 e. The van der Waals surface area contributed by atoms with Crippen LogP contribution in [-0.4, -0.2) is 4.98 Å². The molecule has 1 heterocycles. The summed E-state index contributed by atoms with van der Waals surface area (Å²) in [6.45, 7) is 0. The van der Waals surface area contributed by atoms with Gasteiger partial charge in [0.25, 0.3) is 0 Å². The second-order valence-corrected chi connectivity index (χ2v) is 5.99. The van der Waals surface area contributed by atoms with E-state index in [2.05, 4.69) is 39.1 Å². The molecule has 22 heavy (non-hydrogen) atoms. The first-order valence-electron chi connectivity index (χ1n) is 7.01. The normalized spacial score (nSPS) is 11.0. The van der Waals surface area contributed by atoms with Crippen LogP contribution in [0.15, 0.2) is 81.7 Å². The van der Waals surface area contributed by atoms with Crippen LogP contribution in [-0.2, 0) is 0 Å². The van der Waals surface area contributed by atoms with E-state index in [1.54, 1.807) is 0 Å². The average Bonchev–Trinajstić information content (AvgIpc) is 2.99. The molecule has 0 unspecified atom stereocenters. The van der Waals surface area contributed by atoms with E-state index in [1.165, 1.54) is 5.56 Å². The Morgan fingerprint density at radius 1 is 0.727 bits per heavy atom. The molecule has 0 aliphatic heterocycles. The van der Waals surface area contributed by atoms with Gasteiger partial charge in [0.2, 0.25) is 5.89 Å². The molecule has 0 atom stereocenters. The van der Waals surface area contributed by atoms with Gasteiger partial charge in [-0.05, 0) is 47.5 Å². The maximum Gasteiger partial charge on any atom is 0.227 e. The molecule has 106 valence electrons. The third-order valence-electron chi connectivity index (χ3n) is 3.59. The number of nitrogens with zero attached hydrogens (tertiary/aromatic N) is 1. The Morgan fingerprint density at radius 3 is 2.23 bits per heavy atom. The van der Waals surface area contributed by atoms with E-state index in [0.29, 0.717) is 5.89 Å². The molecule has 4 rings (SSSR count). The van der Waals surface area contributed by atoms with Gasteiger partial charge in [-0.15, -0.1) is 0 Å². The zero-order valence-electron chi connectivity index (χ0n) is 11.7. The predicted octanol–water partition coefficient (Wildman–Crippen LogP) is 5.92. The van der Waals surface area contributed by atoms with Crippen molar-refractivity contribution in [2.45, 2.75) is 0 Å². The first kappa shape index (κ1) is 13.3. The number of fused-ring (bicyclic) bond motifs is 1. The van der Waals surface area contributed by atoms with Gasteiger partial charge in [0.15, 0.2) is 5.58 Å². The molecule has 0 aliphatic rings. The monoisotopic (exact) mass is 349 g/mol. The minimum Gasteiger partial charge on any atom is -0.436 e. The highest BCUT2D eigenvalue weighted by molar-refractivity contribution is 9.10. The summed E-state index contributed by atoms with van der Waals surface area (Å²) < 4.78 is 6.97. The minimum absolute atomic E-state index is 0.646. The Kier molecular flexibility index (Phi) is 3.28. The summed E-state index contributed by atoms with van der Waals surface area (Å²) in [5.41, 5.74) is 4.95. The third-order valence-corrected chi connectivity index (χ3v) is 4.12. The molecule has 0 fully saturated rings. The second-order valence-electron chi connectivity index (χ2n) is 5.07. The van der Waals surface area contributed by atoms with Crippen LogP contribution in [0.3, 0.4) is 0 Å². The zero-order chi connectivity index (χ0) is 14.9. The van der Waals surface area contributed by atoms with E-state index in [4.69, 9.17) is 4.42 Å². The molecular formula is C19H12BrNO. The number of hydrogen-bond donors (Lipinski definition) is 0. The van der Waals surface area contributed by atoms with Crippen molar-refractivity contribution in [1.29, 1.82) is 0 Å². The maximum absolute atomic E-state index is 5.93. The average molecular weight is 350 g/mol. The summed E-state index contributed by atoms with van der Waals surface area (Å²) in [5, 5.41) is 0. The first-order chi connectivity index (χ1) is 10.8. The van der Waals surface area contributed by atoms with Crippen molar-refractivity contribution in [2.24, 2.45) is 0 Å². The lowest BCUT2D eigenvalue weighted by Gasteiger charge is -1.99. The molecule has 2 nitrogen and oxygen atoms in total. The fourth-order valence-corrected chi connectivity index (χ4v) is 2.72. The molecule has 0 radical (unpaired) electrons. The summed E-state index contributed by atoms with van der Waals surface area (Å²) in [5.74, 6) is 0.646. The summed E-state index contributed by atoms with van der Waals surface area (Å²) in [6, 6.07) is 24.3. The van der Waals surface area contributed by atoms with Gasteiger partial charge in [-0.1, -0.05) is 52.3 Å². The van der Waals surface area contributed by atoms with Gasteiger partial charge in [-0.3, -0.25) is 0 Å². The number of oxazole rings is 1. The highest BCUT2D eigenvalue weighted by Gasteiger charge is 2.09. The SMILES string of the molecule is Brc1ccc(-c2nc3ccc(-c4ccccc4)cc3o2)cc1. The van der Waals surface area contributed by atoms with E-state index >= 15 is 0 Å². The van der Waals surface area contributed by atoms with Crippen molar-refractivity contribution < 1.29 is 4.42 Å². The molecule has 4 aromatic rings. The van der Waals surface area contributed by atoms with Crippen molar-refractivity contribution in [3.63, 3.8) is 0 Å². The molecule has 0 bridgehead atoms. The quantitative estimate of drug-likeness (QED) is 0.448. The number of hydrogen-bond acceptors (Lipinski definition) is 2. The Balaban J connectivity index is 1.80. The second kappa shape index (κ2) is 5.43. The van der Waals surface area contributed by atoms with Crippen LogP contribution in [0, 0.1) is 0 Å². The fraction of sp³-hybridized carbons (Fsp3) is 0. The first-order valence-corrected chi connectivity index (χ1v) is 7.81. The fourth-order valence-electron chi connectivity index (χ4n) is 2.45. The topological polar surface area (TPSA) is 26.0 Å². The molecule has 0 aliphatic carbocycles. The number of halogens is 1. The van der Waals surface area contributed by atoms with Gasteiger partial charge >= 0.3 is 0 Å². The summed E-state index contributed by atoms with van der Waals surface area (Å²) >= 11 is 3.44. The number of rotatable bonds is 2. The summed E-state index contributed by atoms with van der Waals surface area (Å²) in [6.07, 6.45) is 0. The minimum atomic E-state index is 0.646. The van der Waals surface area contributed by atoms with Gasteiger partial charge in [0.05, 0.1) is 0 Å². The maximum atomic E-state index is 5.93. The molecule has 1 aromatic heterocycles. The van der Waals surface area contributed by atoms with Gasteiger partial charge in [-0.25, -0.2) is 4.98 Å². The number of aromatic nitrogens is 1. The van der Waals surface area contributed by atoms with Crippen molar-refractivity contribution in [1.82, 2.24) is 4.98 Å². The molecule has 3 aromatic carbocycles. The van der Waals surface area contributed by atoms with Crippen LogP contribution in [0.4, 0.5) is 0 Å². The van der Waals surface area contributed by atoms with Crippen LogP contribution in [0.1, 0.15) is 0 Å². The summed E-state index contributed by atoms with van der Waals surface area (Å²) in [4.78, 5) is 4.57. The summed E-state index contributed by atoms with van der Waals surface area (Å²) in [7, 11) is 0. The third kappa shape index (κ3) is 2.44. The molecule has 0 spiro atoms. The Hall–Kier alpha value is -2.39. The molecule has 0 N–H and O–H groups in total. The van der Waals surface area contributed by atoms with Crippen molar-refractivity contribution in [3.8, 4) is 22.6 Å². The molecule has 3 heteroatoms. The highest BCUT2D eigenvalue weighted by Crippen LogP contribution is 2.29. The zero-order valence-corrected chi connectivity index (χ0v) is 13.2. The van der Waals surface area contributed by atoms with Crippen LogP contribution >= 0.6 is 15.9 Å². The predicted molar refractivity (Wildman–Crippen MR) is 92.6 cm³/mol. The van der Waals surface area contributed by atoms with Crippen LogP contribution in [0.2, 0.25) is 0 Å². The highest BCUT2D eigenvalue weighted by atomic mass is 79.9. The molecular weight excluding hydrogens is 338 g/mol. The van der Waals surface area contributed by atoms with Crippen LogP contribution in [0.5, 0.6) is 0 Å². The van der Waals surface area contributed by atoms with Gasteiger partial charge < -0.3 is 4.42 Å². The van der Waals surface area contributed by atoms with Crippen molar-refractivity contribution in [3.05, 3.63) is 77.3 Å². The van der Waals surface area contributed by atoms with E-state index in [9.17, 15) is 0 Å². The molecule has 0 saturated carbocycles. The standard InChI is InChI=1S/C19H12BrNO/c20-16-9-6-14(7-10-16)19-21-17-11-8-15(12-18(17)22-19)13-4-2-1-3-5-13/h1-12H. The Bertz CT molecular complexity index is 927. The largest absolute Gasteiger partial charge is 0.436 e. The number of benzene rings is 3. The van der Waals surface area contributed by atoms with Crippen molar-refractivity contribution in [2.75, 3.05) is 0 Å². The van der Waals surface area contributed by atoms with E-state index in [1.807, 2.05) is 54.6 Å². The van der Waals surface area contributed by atoms with Crippen LogP contribution < -0.4 is 0 Å². The van der Waals surface area contributed by atoms with E-state index in [-0.39, 0.29) is 0 Å². The lowest BCUT2D eigenvalue weighted by molar-refractivity contribution is 0.620. The van der Waals surface area contributed by atoms with Gasteiger partial charge in [0.1, 0.15) is 5.52 Å². The molecule has 0 amide bonds.